The molecule has 0 bridgehead atoms. The molecule has 0 saturated heterocycles. The third-order valence-electron chi connectivity index (χ3n) is 12.7. The van der Waals surface area contributed by atoms with E-state index in [1.165, 1.54) is 71.9 Å². The van der Waals surface area contributed by atoms with Crippen LogP contribution in [0, 0.1) is 5.92 Å². The number of anilines is 1. The highest BCUT2D eigenvalue weighted by Gasteiger charge is 2.35. The van der Waals surface area contributed by atoms with Crippen LogP contribution in [0.4, 0.5) is 5.69 Å². The Bertz CT molecular complexity index is 2770. The van der Waals surface area contributed by atoms with Crippen LogP contribution >= 0.6 is 0 Å². The molecule has 0 spiro atoms. The maximum Gasteiger partial charge on any atom is 0.0580 e. The highest BCUT2D eigenvalue weighted by molar-refractivity contribution is 6.08. The first-order valence-corrected chi connectivity index (χ1v) is 21.4. The van der Waals surface area contributed by atoms with E-state index < -0.39 is 0 Å². The summed E-state index contributed by atoms with van der Waals surface area (Å²) >= 11 is 0. The van der Waals surface area contributed by atoms with Gasteiger partial charge in [-0.2, -0.15) is 0 Å². The first-order valence-electron chi connectivity index (χ1n) is 21.4. The first kappa shape index (κ1) is 37.5. The van der Waals surface area contributed by atoms with E-state index in [1.54, 1.807) is 0 Å². The van der Waals surface area contributed by atoms with Gasteiger partial charge < -0.3 is 14.0 Å². The Kier molecular flexibility index (Phi) is 10.4. The van der Waals surface area contributed by atoms with Gasteiger partial charge in [-0.05, 0) is 129 Å². The Morgan fingerprint density at radius 2 is 1.41 bits per heavy atom. The minimum Gasteiger partial charge on any atom is -0.364 e. The lowest BCUT2D eigenvalue weighted by Crippen LogP contribution is -2.32. The van der Waals surface area contributed by atoms with Crippen molar-refractivity contribution in [1.29, 1.82) is 0 Å². The molecule has 0 radical (unpaired) electrons. The number of fused-ring (bicyclic) bond motifs is 9. The van der Waals surface area contributed by atoms with E-state index >= 15 is 0 Å². The van der Waals surface area contributed by atoms with Crippen molar-refractivity contribution in [2.45, 2.75) is 72.0 Å². The van der Waals surface area contributed by atoms with Gasteiger partial charge in [0.1, 0.15) is 0 Å². The second kappa shape index (κ2) is 16.1. The van der Waals surface area contributed by atoms with Crippen molar-refractivity contribution in [3.8, 4) is 0 Å². The summed E-state index contributed by atoms with van der Waals surface area (Å²) in [5.41, 5.74) is 15.6. The van der Waals surface area contributed by atoms with Crippen molar-refractivity contribution in [3.05, 3.63) is 197 Å². The van der Waals surface area contributed by atoms with Gasteiger partial charge in [-0.1, -0.05) is 128 Å². The normalized spacial score (nSPS) is 19.4. The largest absolute Gasteiger partial charge is 0.364 e. The molecule has 4 aromatic carbocycles. The summed E-state index contributed by atoms with van der Waals surface area (Å²) in [7, 11) is 0. The fraction of sp³-hybridized carbons (Fsp3) is 0.236. The molecule has 3 heterocycles. The second-order valence-electron chi connectivity index (χ2n) is 16.3. The molecule has 0 N–H and O–H groups in total. The molecule has 3 aliphatic rings. The summed E-state index contributed by atoms with van der Waals surface area (Å²) < 4.78 is 4.94. The molecule has 2 aromatic heterocycles. The monoisotopic (exact) mass is 757 g/mol. The molecular weight excluding hydrogens is 703 g/mol. The van der Waals surface area contributed by atoms with E-state index in [0.717, 1.165) is 50.0 Å². The van der Waals surface area contributed by atoms with Crippen molar-refractivity contribution in [1.82, 2.24) is 9.13 Å². The molecule has 0 fully saturated rings. The topological polar surface area (TPSA) is 13.1 Å². The molecule has 6 aromatic rings. The van der Waals surface area contributed by atoms with Crippen LogP contribution in [0.5, 0.6) is 0 Å². The summed E-state index contributed by atoms with van der Waals surface area (Å²) in [6, 6.07) is 31.9. The quantitative estimate of drug-likeness (QED) is 0.120. The number of likely N-dealkylation sites (N-methyl/N-ethyl adjacent to an activating group) is 1. The van der Waals surface area contributed by atoms with Gasteiger partial charge in [-0.3, -0.25) is 0 Å². The molecule has 1 aliphatic heterocycles. The van der Waals surface area contributed by atoms with Crippen molar-refractivity contribution in [3.63, 3.8) is 0 Å². The maximum absolute atomic E-state index is 4.53. The Morgan fingerprint density at radius 1 is 0.707 bits per heavy atom. The number of aryl methyl sites for hydroxylation is 2. The van der Waals surface area contributed by atoms with Gasteiger partial charge in [0.05, 0.1) is 6.04 Å². The molecule has 3 unspecified atom stereocenters. The van der Waals surface area contributed by atoms with Crippen molar-refractivity contribution in [2.24, 2.45) is 5.92 Å². The highest BCUT2D eigenvalue weighted by atomic mass is 15.2. The number of benzene rings is 4. The molecule has 9 rings (SSSR count). The molecule has 290 valence electrons. The van der Waals surface area contributed by atoms with E-state index in [4.69, 9.17) is 0 Å². The molecule has 0 amide bonds. The summed E-state index contributed by atoms with van der Waals surface area (Å²) in [5.74, 6) is 0.890. The van der Waals surface area contributed by atoms with E-state index in [0.29, 0.717) is 17.9 Å². The number of hydrogen-bond acceptors (Lipinski definition) is 1. The van der Waals surface area contributed by atoms with Gasteiger partial charge in [-0.15, -0.1) is 0 Å². The van der Waals surface area contributed by atoms with E-state index in [9.17, 15) is 0 Å². The fourth-order valence-corrected chi connectivity index (χ4v) is 9.99. The van der Waals surface area contributed by atoms with Gasteiger partial charge >= 0.3 is 0 Å². The Labute approximate surface area is 344 Å². The minimum absolute atomic E-state index is 0.405. The van der Waals surface area contributed by atoms with Crippen molar-refractivity contribution < 1.29 is 0 Å². The Hall–Kier alpha value is -6.06. The van der Waals surface area contributed by atoms with Gasteiger partial charge in [0.2, 0.25) is 0 Å². The van der Waals surface area contributed by atoms with Crippen molar-refractivity contribution in [2.75, 3.05) is 11.4 Å². The third kappa shape index (κ3) is 6.98. The molecule has 58 heavy (non-hydrogen) atoms. The molecule has 0 saturated carbocycles. The fourth-order valence-electron chi connectivity index (χ4n) is 9.99. The zero-order valence-electron chi connectivity index (χ0n) is 34.5. The number of para-hydroxylation sites is 2. The molecule has 3 heteroatoms. The molecule has 3 atom stereocenters. The van der Waals surface area contributed by atoms with Crippen molar-refractivity contribution >= 4 is 50.5 Å². The third-order valence-corrected chi connectivity index (χ3v) is 12.7. The van der Waals surface area contributed by atoms with Crippen LogP contribution in [0.3, 0.4) is 0 Å². The van der Waals surface area contributed by atoms with Crippen LogP contribution in [-0.4, -0.2) is 21.7 Å². The lowest BCUT2D eigenvalue weighted by molar-refractivity contribution is 0.532. The molecular formula is C55H55N3. The van der Waals surface area contributed by atoms with Crippen LogP contribution in [0.2, 0.25) is 0 Å². The minimum atomic E-state index is 0.405. The Balaban J connectivity index is 0.999. The van der Waals surface area contributed by atoms with Gasteiger partial charge in [-0.25, -0.2) is 0 Å². The smallest absolute Gasteiger partial charge is 0.0580 e. The summed E-state index contributed by atoms with van der Waals surface area (Å²) in [6.45, 7) is 16.5. The second-order valence-corrected chi connectivity index (χ2v) is 16.3. The van der Waals surface area contributed by atoms with Crippen LogP contribution in [0.1, 0.15) is 68.0 Å². The zero-order chi connectivity index (χ0) is 39.8. The number of nitrogens with zero attached hydrogens (tertiary/aromatic N) is 3. The maximum atomic E-state index is 4.53. The lowest BCUT2D eigenvalue weighted by atomic mass is 9.85. The summed E-state index contributed by atoms with van der Waals surface area (Å²) in [6.07, 6.45) is 30.7. The van der Waals surface area contributed by atoms with E-state index in [-0.39, 0.29) is 0 Å². The Morgan fingerprint density at radius 3 is 2.22 bits per heavy atom. The standard InChI is InChI=1S/C55H55N3/c1-6-56-50-18-12-9-15-44(50)47-35-40(27-30-53(47)56)23-21-38(4)33-43(26-25-42-29-32-55-49(37-42)46-17-11-14-20-52(46)58(55)8-3)34-39(5)22-24-41-28-31-54-48(36-41)45-16-10-13-19-51(45)57(54)7-2/h9-28,30-31,33-36,42,44,50H,4,6-8,29,32,37H2,1-3,5H3/b23-21+,24-22+,26-25+,39-34+,43-33-. The highest BCUT2D eigenvalue weighted by Crippen LogP contribution is 2.44. The van der Waals surface area contributed by atoms with E-state index in [2.05, 4.69) is 206 Å². The number of aromatic nitrogens is 2. The number of allylic oxidation sites excluding steroid dienone is 11. The van der Waals surface area contributed by atoms with Crippen LogP contribution in [0.25, 0.3) is 44.9 Å². The predicted molar refractivity (Wildman–Crippen MR) is 251 cm³/mol. The van der Waals surface area contributed by atoms with Gasteiger partial charge in [0.25, 0.3) is 0 Å². The van der Waals surface area contributed by atoms with E-state index in [1.807, 2.05) is 0 Å². The van der Waals surface area contributed by atoms with Crippen LogP contribution in [0.15, 0.2) is 169 Å². The van der Waals surface area contributed by atoms with Gasteiger partial charge in [0, 0.05) is 69.6 Å². The number of rotatable bonds is 11. The predicted octanol–water partition coefficient (Wildman–Crippen LogP) is 13.7. The summed E-state index contributed by atoms with van der Waals surface area (Å²) in [5, 5.41) is 4.04. The van der Waals surface area contributed by atoms with Crippen LogP contribution in [-0.2, 0) is 25.9 Å². The SMILES string of the molecule is C=C(/C=C(/C=C/C1CCc2c(c3ccccc3n2CC)C1)\C=C(C)\C=C\c1ccc2c(c1)c1ccccc1n2CC)/C=C/c1ccc2c(c1)C1C=CC=CC1N2CC. The zero-order valence-corrected chi connectivity index (χ0v) is 34.5. The van der Waals surface area contributed by atoms with Crippen LogP contribution < -0.4 is 4.90 Å². The summed E-state index contributed by atoms with van der Waals surface area (Å²) in [4.78, 5) is 2.52. The number of hydrogen-bond donors (Lipinski definition) is 0. The lowest BCUT2D eigenvalue weighted by Gasteiger charge is -2.27. The average Bonchev–Trinajstić information content (AvgIpc) is 3.88. The molecule has 3 nitrogen and oxygen atoms in total. The average molecular weight is 758 g/mol. The first-order chi connectivity index (χ1) is 28.4. The molecule has 2 aliphatic carbocycles. The van der Waals surface area contributed by atoms with Gasteiger partial charge in [0.15, 0.2) is 0 Å².